The first-order valence-corrected chi connectivity index (χ1v) is 12.9. The molecule has 0 spiro atoms. The number of nitrogens with one attached hydrogen (secondary N) is 1. The highest BCUT2D eigenvalue weighted by Crippen LogP contribution is 2.31. The van der Waals surface area contributed by atoms with E-state index in [4.69, 9.17) is 4.74 Å². The van der Waals surface area contributed by atoms with Crippen LogP contribution in [0.5, 0.6) is 0 Å². The van der Waals surface area contributed by atoms with Crippen LogP contribution in [0.2, 0.25) is 0 Å². The molecular formula is C22H36N4O4S. The van der Waals surface area contributed by atoms with E-state index in [1.807, 2.05) is 4.90 Å². The lowest BCUT2D eigenvalue weighted by molar-refractivity contribution is -0.139. The smallest absolute Gasteiger partial charge is 0.244 e. The minimum Gasteiger partial charge on any atom is -0.376 e. The van der Waals surface area contributed by atoms with Crippen molar-refractivity contribution >= 4 is 16.9 Å². The second-order valence-corrected chi connectivity index (χ2v) is 10.3. The van der Waals surface area contributed by atoms with Gasteiger partial charge in [-0.05, 0) is 50.4 Å². The van der Waals surface area contributed by atoms with Gasteiger partial charge < -0.3 is 9.64 Å². The zero-order chi connectivity index (χ0) is 22.4. The van der Waals surface area contributed by atoms with Crippen molar-refractivity contribution in [2.75, 3.05) is 19.4 Å². The minimum absolute atomic E-state index is 0.0677. The fourth-order valence-corrected chi connectivity index (χ4v) is 5.48. The Morgan fingerprint density at radius 1 is 1.29 bits per heavy atom. The van der Waals surface area contributed by atoms with Gasteiger partial charge in [0.2, 0.25) is 5.91 Å². The first-order chi connectivity index (χ1) is 14.8. The van der Waals surface area contributed by atoms with E-state index in [9.17, 15) is 13.8 Å². The molecule has 2 fully saturated rings. The highest BCUT2D eigenvalue weighted by molar-refractivity contribution is 7.82. The minimum atomic E-state index is -1.17. The molecular weight excluding hydrogens is 416 g/mol. The number of carbonyl (C=O) groups excluding carboxylic acids is 1. The zero-order valence-corrected chi connectivity index (χ0v) is 19.7. The van der Waals surface area contributed by atoms with Crippen molar-refractivity contribution in [2.45, 2.75) is 77.1 Å². The van der Waals surface area contributed by atoms with Crippen LogP contribution in [0.25, 0.3) is 0 Å². The molecule has 8 nitrogen and oxygen atoms in total. The molecule has 9 heteroatoms. The van der Waals surface area contributed by atoms with Crippen molar-refractivity contribution in [3.63, 3.8) is 0 Å². The SMILES string of the molecule is CC(C)C1CCC(OCC2C(NS(C)=O)CCCN2C(=O)Cn2ccc(=O)cn2)CC1. The van der Waals surface area contributed by atoms with E-state index in [1.165, 1.54) is 36.0 Å². The number of ether oxygens (including phenoxy) is 1. The number of aromatic nitrogens is 2. The molecule has 1 N–H and O–H groups in total. The van der Waals surface area contributed by atoms with Crippen LogP contribution in [0.3, 0.4) is 0 Å². The van der Waals surface area contributed by atoms with Crippen molar-refractivity contribution in [2.24, 2.45) is 11.8 Å². The summed E-state index contributed by atoms with van der Waals surface area (Å²) in [5.41, 5.74) is -0.185. The van der Waals surface area contributed by atoms with Crippen molar-refractivity contribution < 1.29 is 13.7 Å². The van der Waals surface area contributed by atoms with Crippen LogP contribution >= 0.6 is 0 Å². The molecule has 1 aliphatic heterocycles. The van der Waals surface area contributed by atoms with Crippen molar-refractivity contribution in [3.8, 4) is 0 Å². The van der Waals surface area contributed by atoms with Gasteiger partial charge in [0.1, 0.15) is 6.54 Å². The summed E-state index contributed by atoms with van der Waals surface area (Å²) in [6, 6.07) is 1.15. The zero-order valence-electron chi connectivity index (χ0n) is 18.9. The van der Waals surface area contributed by atoms with Crippen LogP contribution in [0.1, 0.15) is 52.4 Å². The highest BCUT2D eigenvalue weighted by Gasteiger charge is 2.36. The normalized spacial score (nSPS) is 27.9. The van der Waals surface area contributed by atoms with Gasteiger partial charge in [0.05, 0.1) is 35.9 Å². The molecule has 2 aliphatic rings. The third-order valence-corrected chi connectivity index (χ3v) is 7.26. The lowest BCUT2D eigenvalue weighted by Crippen LogP contribution is -2.59. The van der Waals surface area contributed by atoms with E-state index >= 15 is 0 Å². The van der Waals surface area contributed by atoms with Gasteiger partial charge in [-0.1, -0.05) is 13.8 Å². The van der Waals surface area contributed by atoms with Gasteiger partial charge in [-0.25, -0.2) is 8.93 Å². The fraction of sp³-hybridized carbons (Fsp3) is 0.773. The summed E-state index contributed by atoms with van der Waals surface area (Å²) in [5.74, 6) is 1.42. The molecule has 3 unspecified atom stereocenters. The Morgan fingerprint density at radius 3 is 2.65 bits per heavy atom. The molecule has 3 atom stereocenters. The third-order valence-electron chi connectivity index (χ3n) is 6.62. The highest BCUT2D eigenvalue weighted by atomic mass is 32.2. The van der Waals surface area contributed by atoms with Crippen molar-refractivity contribution in [1.29, 1.82) is 0 Å². The van der Waals surface area contributed by atoms with E-state index in [2.05, 4.69) is 23.7 Å². The predicted octanol–water partition coefficient (Wildman–Crippen LogP) is 1.72. The Hall–Kier alpha value is -1.58. The van der Waals surface area contributed by atoms with Crippen molar-refractivity contribution in [1.82, 2.24) is 19.4 Å². The van der Waals surface area contributed by atoms with Gasteiger partial charge >= 0.3 is 0 Å². The summed E-state index contributed by atoms with van der Waals surface area (Å²) in [7, 11) is -1.17. The molecule has 174 valence electrons. The standard InChI is InChI=1S/C22H36N4O4S/c1-16(2)17-6-8-19(9-7-17)30-15-21-20(24-31(3)29)5-4-11-26(21)22(28)14-25-12-10-18(27)13-23-25/h10,12-13,16-17,19-21,24H,4-9,11,14-15H2,1-3H3. The number of amides is 1. The Balaban J connectivity index is 1.64. The second kappa shape index (κ2) is 11.3. The summed E-state index contributed by atoms with van der Waals surface area (Å²) >= 11 is 0. The Morgan fingerprint density at radius 2 is 2.03 bits per heavy atom. The number of carbonyl (C=O) groups is 1. The molecule has 2 heterocycles. The first-order valence-electron chi connectivity index (χ1n) is 11.4. The van der Waals surface area contributed by atoms with Crippen molar-refractivity contribution in [3.05, 3.63) is 28.7 Å². The summed E-state index contributed by atoms with van der Waals surface area (Å²) in [6.07, 6.45) is 10.8. The number of hydrogen-bond acceptors (Lipinski definition) is 5. The number of likely N-dealkylation sites (tertiary alicyclic amines) is 1. The lowest BCUT2D eigenvalue weighted by atomic mass is 9.80. The lowest BCUT2D eigenvalue weighted by Gasteiger charge is -2.42. The van der Waals surface area contributed by atoms with Gasteiger partial charge in [0, 0.05) is 31.1 Å². The maximum atomic E-state index is 13.1. The monoisotopic (exact) mass is 452 g/mol. The maximum absolute atomic E-state index is 13.1. The van der Waals surface area contributed by atoms with Crippen LogP contribution < -0.4 is 10.2 Å². The van der Waals surface area contributed by atoms with Gasteiger partial charge in [-0.15, -0.1) is 0 Å². The predicted molar refractivity (Wildman–Crippen MR) is 121 cm³/mol. The van der Waals surface area contributed by atoms with E-state index in [1.54, 1.807) is 6.26 Å². The molecule has 31 heavy (non-hydrogen) atoms. The number of hydrogen-bond donors (Lipinski definition) is 1. The average molecular weight is 453 g/mol. The van der Waals surface area contributed by atoms with Gasteiger partial charge in [-0.3, -0.25) is 14.3 Å². The van der Waals surface area contributed by atoms with Crippen LogP contribution in [-0.4, -0.2) is 62.4 Å². The van der Waals surface area contributed by atoms with Gasteiger partial charge in [0.25, 0.3) is 0 Å². The molecule has 3 rings (SSSR count). The largest absolute Gasteiger partial charge is 0.376 e. The summed E-state index contributed by atoms with van der Waals surface area (Å²) in [5, 5.41) is 4.01. The van der Waals surface area contributed by atoms with E-state index in [-0.39, 0.29) is 36.1 Å². The quantitative estimate of drug-likeness (QED) is 0.648. The summed E-state index contributed by atoms with van der Waals surface area (Å²) < 4.78 is 22.8. The second-order valence-electron chi connectivity index (χ2n) is 9.15. The third kappa shape index (κ3) is 6.95. The van der Waals surface area contributed by atoms with Crippen LogP contribution in [0.15, 0.2) is 23.3 Å². The Bertz CT molecular complexity index is 786. The van der Waals surface area contributed by atoms with E-state index in [0.717, 1.165) is 31.6 Å². The molecule has 1 saturated carbocycles. The number of piperidine rings is 1. The molecule has 1 aliphatic carbocycles. The van der Waals surface area contributed by atoms with Crippen LogP contribution in [0, 0.1) is 11.8 Å². The Kier molecular flexibility index (Phi) is 8.80. The molecule has 0 radical (unpaired) electrons. The molecule has 0 aromatic carbocycles. The number of nitrogens with zero attached hydrogens (tertiary/aromatic N) is 3. The van der Waals surface area contributed by atoms with E-state index in [0.29, 0.717) is 19.1 Å². The topological polar surface area (TPSA) is 93.5 Å². The number of rotatable bonds is 8. The van der Waals surface area contributed by atoms with Crippen LogP contribution in [-0.2, 0) is 27.1 Å². The summed E-state index contributed by atoms with van der Waals surface area (Å²) in [4.78, 5) is 26.2. The molecule has 0 bridgehead atoms. The Labute approximate surface area is 187 Å². The maximum Gasteiger partial charge on any atom is 0.244 e. The average Bonchev–Trinajstić information content (AvgIpc) is 2.74. The van der Waals surface area contributed by atoms with E-state index < -0.39 is 11.0 Å². The molecule has 1 saturated heterocycles. The first kappa shape index (κ1) is 24.1. The summed E-state index contributed by atoms with van der Waals surface area (Å²) in [6.45, 7) is 5.72. The van der Waals surface area contributed by atoms with Gasteiger partial charge in [-0.2, -0.15) is 5.10 Å². The fourth-order valence-electron chi connectivity index (χ4n) is 4.78. The van der Waals surface area contributed by atoms with Crippen LogP contribution in [0.4, 0.5) is 0 Å². The molecule has 1 amide bonds. The molecule has 1 aromatic rings. The van der Waals surface area contributed by atoms with Gasteiger partial charge in [0.15, 0.2) is 5.43 Å². The molecule has 1 aromatic heterocycles.